The van der Waals surface area contributed by atoms with E-state index in [0.717, 1.165) is 60.7 Å². The summed E-state index contributed by atoms with van der Waals surface area (Å²) in [5.41, 5.74) is 2.26. The number of fused-ring (bicyclic) bond motifs is 5. The lowest BCUT2D eigenvalue weighted by Gasteiger charge is -2.58. The van der Waals surface area contributed by atoms with Crippen LogP contribution in [0.25, 0.3) is 0 Å². The molecule has 4 heteroatoms. The van der Waals surface area contributed by atoms with Crippen molar-refractivity contribution in [3.63, 3.8) is 0 Å². The summed E-state index contributed by atoms with van der Waals surface area (Å²) in [6, 6.07) is 0. The van der Waals surface area contributed by atoms with Gasteiger partial charge in [-0.3, -0.25) is 9.59 Å². The fourth-order valence-electron chi connectivity index (χ4n) is 9.81. The molecule has 9 unspecified atom stereocenters. The van der Waals surface area contributed by atoms with Crippen LogP contribution in [0.3, 0.4) is 0 Å². The van der Waals surface area contributed by atoms with E-state index >= 15 is 0 Å². The summed E-state index contributed by atoms with van der Waals surface area (Å²) < 4.78 is 10.3. The Bertz CT molecular complexity index is 860. The minimum absolute atomic E-state index is 0.101. The van der Waals surface area contributed by atoms with Crippen LogP contribution in [0, 0.1) is 52.3 Å². The van der Waals surface area contributed by atoms with Crippen molar-refractivity contribution in [3.05, 3.63) is 11.6 Å². The van der Waals surface area contributed by atoms with Gasteiger partial charge in [0.05, 0.1) is 7.11 Å². The average Bonchev–Trinajstić information content (AvgIpc) is 3.21. The van der Waals surface area contributed by atoms with Gasteiger partial charge >= 0.3 is 11.9 Å². The number of esters is 2. The van der Waals surface area contributed by atoms with Crippen LogP contribution < -0.4 is 0 Å². The van der Waals surface area contributed by atoms with Gasteiger partial charge in [0.2, 0.25) is 0 Å². The van der Waals surface area contributed by atoms with Crippen molar-refractivity contribution >= 4 is 11.9 Å². The fraction of sp³-hybridized carbons (Fsp3) is 0.879. The Morgan fingerprint density at radius 1 is 1.00 bits per heavy atom. The molecule has 3 saturated carbocycles. The van der Waals surface area contributed by atoms with E-state index in [1.165, 1.54) is 64.0 Å². The van der Waals surface area contributed by atoms with E-state index in [4.69, 9.17) is 4.74 Å². The Balaban J connectivity index is 1.41. The summed E-state index contributed by atoms with van der Waals surface area (Å²) in [6.45, 7) is 14.9. The number of hydrogen-bond acceptors (Lipinski definition) is 4. The number of ether oxygens (including phenoxy) is 2. The monoisotopic (exact) mass is 514 g/mol. The molecule has 0 N–H and O–H groups in total. The lowest BCUT2D eigenvalue weighted by Crippen LogP contribution is -2.51. The van der Waals surface area contributed by atoms with Crippen molar-refractivity contribution in [2.45, 2.75) is 125 Å². The molecule has 0 bridgehead atoms. The molecule has 3 fully saturated rings. The van der Waals surface area contributed by atoms with Gasteiger partial charge in [0.25, 0.3) is 0 Å². The van der Waals surface area contributed by atoms with Crippen molar-refractivity contribution in [2.75, 3.05) is 7.11 Å². The van der Waals surface area contributed by atoms with Crippen molar-refractivity contribution in [3.8, 4) is 0 Å². The first-order valence-corrected chi connectivity index (χ1v) is 15.5. The predicted octanol–water partition coefficient (Wildman–Crippen LogP) is 8.14. The highest BCUT2D eigenvalue weighted by atomic mass is 16.6. The Labute approximate surface area is 226 Å². The predicted molar refractivity (Wildman–Crippen MR) is 149 cm³/mol. The summed E-state index contributed by atoms with van der Waals surface area (Å²) in [5, 5.41) is 0. The van der Waals surface area contributed by atoms with Gasteiger partial charge in [-0.05, 0) is 104 Å². The molecule has 0 aromatic heterocycles. The number of rotatable bonds is 9. The molecular formula is C33H54O4. The first kappa shape index (κ1) is 28.7. The SMILES string of the molecule is CCC(CCC(C)C1CCC2C3CC=C4CC(OC(=O)CC(=O)OC)CCC4(C)C3CCC12C)C(C)C. The number of carbonyl (C=O) groups excluding carboxylic acids is 2. The molecule has 0 radical (unpaired) electrons. The van der Waals surface area contributed by atoms with Crippen molar-refractivity contribution in [1.29, 1.82) is 0 Å². The highest BCUT2D eigenvalue weighted by molar-refractivity contribution is 5.91. The fourth-order valence-corrected chi connectivity index (χ4v) is 9.81. The lowest BCUT2D eigenvalue weighted by molar-refractivity contribution is -0.158. The van der Waals surface area contributed by atoms with Crippen LogP contribution in [0.15, 0.2) is 11.6 Å². The van der Waals surface area contributed by atoms with Crippen LogP contribution in [-0.4, -0.2) is 25.2 Å². The second-order valence-electron chi connectivity index (χ2n) is 14.1. The molecule has 0 aromatic carbocycles. The molecule has 0 saturated heterocycles. The maximum atomic E-state index is 12.2. The lowest BCUT2D eigenvalue weighted by atomic mass is 9.47. The van der Waals surface area contributed by atoms with Crippen LogP contribution in [-0.2, 0) is 19.1 Å². The zero-order valence-electron chi connectivity index (χ0n) is 24.8. The first-order valence-electron chi connectivity index (χ1n) is 15.5. The summed E-state index contributed by atoms with van der Waals surface area (Å²) in [7, 11) is 1.31. The van der Waals surface area contributed by atoms with E-state index in [1.807, 2.05) is 0 Å². The topological polar surface area (TPSA) is 52.6 Å². The summed E-state index contributed by atoms with van der Waals surface area (Å²) in [4.78, 5) is 23.6. The average molecular weight is 515 g/mol. The molecular weight excluding hydrogens is 460 g/mol. The first-order chi connectivity index (χ1) is 17.5. The third kappa shape index (κ3) is 5.55. The number of methoxy groups -OCH3 is 1. The molecule has 0 amide bonds. The molecule has 0 aromatic rings. The maximum absolute atomic E-state index is 12.2. The second-order valence-corrected chi connectivity index (χ2v) is 14.1. The molecule has 210 valence electrons. The third-order valence-electron chi connectivity index (χ3n) is 12.1. The number of allylic oxidation sites excluding steroid dienone is 1. The Kier molecular flexibility index (Phi) is 8.86. The summed E-state index contributed by atoms with van der Waals surface area (Å²) >= 11 is 0. The number of carbonyl (C=O) groups is 2. The van der Waals surface area contributed by atoms with Gasteiger partial charge in [0.15, 0.2) is 0 Å². The van der Waals surface area contributed by atoms with Gasteiger partial charge in [-0.1, -0.05) is 66.0 Å². The molecule has 4 aliphatic carbocycles. The second kappa shape index (κ2) is 11.4. The highest BCUT2D eigenvalue weighted by Crippen LogP contribution is 2.67. The van der Waals surface area contributed by atoms with E-state index in [0.29, 0.717) is 5.41 Å². The van der Waals surface area contributed by atoms with Crippen LogP contribution in [0.4, 0.5) is 0 Å². The van der Waals surface area contributed by atoms with Crippen LogP contribution >= 0.6 is 0 Å². The Hall–Kier alpha value is -1.32. The Morgan fingerprint density at radius 3 is 2.43 bits per heavy atom. The van der Waals surface area contributed by atoms with Crippen molar-refractivity contribution < 1.29 is 19.1 Å². The normalized spacial score (nSPS) is 38.6. The van der Waals surface area contributed by atoms with E-state index in [9.17, 15) is 9.59 Å². The van der Waals surface area contributed by atoms with Crippen molar-refractivity contribution in [1.82, 2.24) is 0 Å². The largest absolute Gasteiger partial charge is 0.469 e. The van der Waals surface area contributed by atoms with Gasteiger partial charge in [-0.25, -0.2) is 0 Å². The van der Waals surface area contributed by atoms with E-state index < -0.39 is 11.9 Å². The quantitative estimate of drug-likeness (QED) is 0.177. The minimum atomic E-state index is -0.523. The van der Waals surface area contributed by atoms with E-state index in [-0.39, 0.29) is 17.9 Å². The zero-order chi connectivity index (χ0) is 27.0. The minimum Gasteiger partial charge on any atom is -0.469 e. The van der Waals surface area contributed by atoms with Crippen LogP contribution in [0.1, 0.15) is 119 Å². The highest BCUT2D eigenvalue weighted by Gasteiger charge is 2.59. The zero-order valence-corrected chi connectivity index (χ0v) is 24.8. The van der Waals surface area contributed by atoms with Crippen LogP contribution in [0.5, 0.6) is 0 Å². The third-order valence-corrected chi connectivity index (χ3v) is 12.1. The Morgan fingerprint density at radius 2 is 1.76 bits per heavy atom. The van der Waals surface area contributed by atoms with Gasteiger partial charge in [0.1, 0.15) is 12.5 Å². The molecule has 4 rings (SSSR count). The smallest absolute Gasteiger partial charge is 0.317 e. The maximum Gasteiger partial charge on any atom is 0.317 e. The molecule has 37 heavy (non-hydrogen) atoms. The summed E-state index contributed by atoms with van der Waals surface area (Å²) in [5.74, 6) is 4.84. The van der Waals surface area contributed by atoms with Gasteiger partial charge in [0, 0.05) is 6.42 Å². The van der Waals surface area contributed by atoms with Gasteiger partial charge < -0.3 is 9.47 Å². The standard InChI is InChI=1S/C33H54O4/c1-8-23(21(2)3)10-9-22(4)27-13-14-28-26-12-11-24-19-25(37-31(35)20-30(34)36-7)15-17-32(24,5)29(26)16-18-33(27,28)6/h11,21-23,25-29H,8-10,12-20H2,1-7H3. The van der Waals surface area contributed by atoms with E-state index in [2.05, 4.69) is 52.4 Å². The molecule has 9 atom stereocenters. The molecule has 0 heterocycles. The number of hydrogen-bond donors (Lipinski definition) is 0. The molecule has 4 aliphatic rings. The van der Waals surface area contributed by atoms with Crippen LogP contribution in [0.2, 0.25) is 0 Å². The van der Waals surface area contributed by atoms with Gasteiger partial charge in [-0.2, -0.15) is 0 Å². The van der Waals surface area contributed by atoms with Crippen molar-refractivity contribution in [2.24, 2.45) is 52.3 Å². The molecule has 0 aliphatic heterocycles. The van der Waals surface area contributed by atoms with E-state index in [1.54, 1.807) is 0 Å². The molecule has 0 spiro atoms. The molecule has 4 nitrogen and oxygen atoms in total. The van der Waals surface area contributed by atoms with Gasteiger partial charge in [-0.15, -0.1) is 0 Å². The summed E-state index contributed by atoms with van der Waals surface area (Å²) in [6.07, 6.45) is 15.9.